The molecule has 0 spiro atoms. The van der Waals surface area contributed by atoms with Gasteiger partial charge in [-0.25, -0.2) is 0 Å². The van der Waals surface area contributed by atoms with Gasteiger partial charge in [0.1, 0.15) is 0 Å². The molecular formula is C13H22N2. The quantitative estimate of drug-likeness (QED) is 0.738. The lowest BCUT2D eigenvalue weighted by Crippen LogP contribution is -2.01. The molecule has 0 unspecified atom stereocenters. The summed E-state index contributed by atoms with van der Waals surface area (Å²) in [5.74, 6) is 0.717. The van der Waals surface area contributed by atoms with Crippen molar-refractivity contribution < 1.29 is 0 Å². The fourth-order valence-corrected chi connectivity index (χ4v) is 2.60. The normalized spacial score (nSPS) is 21.3. The Morgan fingerprint density at radius 1 is 0.933 bits per heavy atom. The number of rotatable bonds is 1. The highest BCUT2D eigenvalue weighted by Crippen LogP contribution is 2.28. The molecule has 1 aliphatic rings. The molecule has 1 fully saturated rings. The molecule has 15 heavy (non-hydrogen) atoms. The van der Waals surface area contributed by atoms with Gasteiger partial charge in [0.05, 0.1) is 5.69 Å². The van der Waals surface area contributed by atoms with Crippen LogP contribution >= 0.6 is 0 Å². The van der Waals surface area contributed by atoms with E-state index in [1.165, 1.54) is 63.5 Å². The SMILES string of the molecule is c1cc(C2CCCCCCCCC2)n[nH]1. The second kappa shape index (κ2) is 5.94. The molecule has 84 valence electrons. The van der Waals surface area contributed by atoms with Gasteiger partial charge in [0, 0.05) is 12.1 Å². The summed E-state index contributed by atoms with van der Waals surface area (Å²) >= 11 is 0. The van der Waals surface area contributed by atoms with Gasteiger partial charge in [0.15, 0.2) is 0 Å². The Balaban J connectivity index is 1.90. The van der Waals surface area contributed by atoms with Crippen LogP contribution in [0.1, 0.15) is 69.4 Å². The molecule has 1 heterocycles. The number of aromatic amines is 1. The van der Waals surface area contributed by atoms with Crippen LogP contribution in [0.15, 0.2) is 12.3 Å². The number of nitrogens with zero attached hydrogens (tertiary/aromatic N) is 1. The molecule has 1 N–H and O–H groups in total. The first kappa shape index (κ1) is 10.7. The van der Waals surface area contributed by atoms with Gasteiger partial charge in [-0.1, -0.05) is 44.9 Å². The monoisotopic (exact) mass is 206 g/mol. The average Bonchev–Trinajstić information content (AvgIpc) is 2.79. The number of H-pyrrole nitrogens is 1. The van der Waals surface area contributed by atoms with Crippen molar-refractivity contribution in [3.8, 4) is 0 Å². The Morgan fingerprint density at radius 2 is 1.53 bits per heavy atom. The Morgan fingerprint density at radius 3 is 2.07 bits per heavy atom. The van der Waals surface area contributed by atoms with Crippen molar-refractivity contribution in [2.75, 3.05) is 0 Å². The maximum absolute atomic E-state index is 4.34. The van der Waals surface area contributed by atoms with E-state index >= 15 is 0 Å². The maximum Gasteiger partial charge on any atom is 0.0652 e. The molecule has 0 bridgehead atoms. The zero-order chi connectivity index (χ0) is 10.3. The fourth-order valence-electron chi connectivity index (χ4n) is 2.60. The third-order valence-electron chi connectivity index (χ3n) is 3.55. The Bertz CT molecular complexity index is 244. The molecule has 0 saturated heterocycles. The number of hydrogen-bond acceptors (Lipinski definition) is 1. The smallest absolute Gasteiger partial charge is 0.0652 e. The van der Waals surface area contributed by atoms with E-state index in [0.717, 1.165) is 0 Å². The highest BCUT2D eigenvalue weighted by Gasteiger charge is 2.13. The molecule has 1 aromatic rings. The number of aromatic nitrogens is 2. The highest BCUT2D eigenvalue weighted by molar-refractivity contribution is 5.05. The summed E-state index contributed by atoms with van der Waals surface area (Å²) in [6.07, 6.45) is 14.6. The van der Waals surface area contributed by atoms with Crippen LogP contribution < -0.4 is 0 Å². The predicted molar refractivity (Wildman–Crippen MR) is 62.9 cm³/mol. The van der Waals surface area contributed by atoms with Gasteiger partial charge in [0.2, 0.25) is 0 Å². The number of hydrogen-bond donors (Lipinski definition) is 1. The zero-order valence-corrected chi connectivity index (χ0v) is 9.54. The molecular weight excluding hydrogens is 184 g/mol. The molecule has 0 aliphatic heterocycles. The molecule has 0 radical (unpaired) electrons. The van der Waals surface area contributed by atoms with E-state index in [1.54, 1.807) is 0 Å². The van der Waals surface area contributed by atoms with Crippen LogP contribution in [0.2, 0.25) is 0 Å². The van der Waals surface area contributed by atoms with Gasteiger partial charge in [-0.3, -0.25) is 5.10 Å². The van der Waals surface area contributed by atoms with Gasteiger partial charge in [0.25, 0.3) is 0 Å². The van der Waals surface area contributed by atoms with Gasteiger partial charge in [-0.2, -0.15) is 5.10 Å². The molecule has 1 saturated carbocycles. The molecule has 1 aromatic heterocycles. The number of nitrogens with one attached hydrogen (secondary N) is 1. The second-order valence-corrected chi connectivity index (χ2v) is 4.75. The van der Waals surface area contributed by atoms with E-state index in [4.69, 9.17) is 0 Å². The van der Waals surface area contributed by atoms with E-state index in [2.05, 4.69) is 16.3 Å². The van der Waals surface area contributed by atoms with Crippen molar-refractivity contribution in [3.05, 3.63) is 18.0 Å². The molecule has 2 rings (SSSR count). The molecule has 2 nitrogen and oxygen atoms in total. The second-order valence-electron chi connectivity index (χ2n) is 4.75. The van der Waals surface area contributed by atoms with Crippen molar-refractivity contribution in [2.24, 2.45) is 0 Å². The van der Waals surface area contributed by atoms with Crippen LogP contribution in [-0.4, -0.2) is 10.2 Å². The molecule has 1 aliphatic carbocycles. The Labute approximate surface area is 92.5 Å². The third kappa shape index (κ3) is 3.37. The lowest BCUT2D eigenvalue weighted by molar-refractivity contribution is 0.457. The standard InChI is InChI=1S/C13H22N2/c1-2-4-6-8-12(9-7-5-3-1)13-10-11-14-15-13/h10-12H,1-9H2,(H,14,15). The van der Waals surface area contributed by atoms with Gasteiger partial charge in [-0.15, -0.1) is 0 Å². The zero-order valence-electron chi connectivity index (χ0n) is 9.54. The average molecular weight is 206 g/mol. The van der Waals surface area contributed by atoms with E-state index in [0.29, 0.717) is 5.92 Å². The summed E-state index contributed by atoms with van der Waals surface area (Å²) < 4.78 is 0. The predicted octanol–water partition coefficient (Wildman–Crippen LogP) is 4.02. The lowest BCUT2D eigenvalue weighted by atomic mass is 9.90. The third-order valence-corrected chi connectivity index (χ3v) is 3.55. The highest BCUT2D eigenvalue weighted by atomic mass is 15.1. The minimum absolute atomic E-state index is 0.717. The lowest BCUT2D eigenvalue weighted by Gasteiger charge is -2.16. The minimum atomic E-state index is 0.717. The topological polar surface area (TPSA) is 28.7 Å². The summed E-state index contributed by atoms with van der Waals surface area (Å²) in [7, 11) is 0. The molecule has 2 heteroatoms. The van der Waals surface area contributed by atoms with Gasteiger partial charge < -0.3 is 0 Å². The largest absolute Gasteiger partial charge is 0.285 e. The van der Waals surface area contributed by atoms with Crippen molar-refractivity contribution in [3.63, 3.8) is 0 Å². The molecule has 0 atom stereocenters. The van der Waals surface area contributed by atoms with Crippen molar-refractivity contribution >= 4 is 0 Å². The Hall–Kier alpha value is -0.790. The van der Waals surface area contributed by atoms with Crippen LogP contribution in [0.25, 0.3) is 0 Å². The van der Waals surface area contributed by atoms with E-state index < -0.39 is 0 Å². The van der Waals surface area contributed by atoms with E-state index in [9.17, 15) is 0 Å². The van der Waals surface area contributed by atoms with Crippen LogP contribution in [0, 0.1) is 0 Å². The molecule has 0 aromatic carbocycles. The first-order valence-electron chi connectivity index (χ1n) is 6.46. The Kier molecular flexibility index (Phi) is 4.24. The van der Waals surface area contributed by atoms with Crippen LogP contribution in [0.5, 0.6) is 0 Å². The van der Waals surface area contributed by atoms with Crippen LogP contribution in [0.3, 0.4) is 0 Å². The van der Waals surface area contributed by atoms with Crippen LogP contribution in [-0.2, 0) is 0 Å². The minimum Gasteiger partial charge on any atom is -0.285 e. The first-order valence-corrected chi connectivity index (χ1v) is 6.46. The summed E-state index contributed by atoms with van der Waals surface area (Å²) in [5.41, 5.74) is 1.29. The fraction of sp³-hybridized carbons (Fsp3) is 0.769. The molecule has 0 amide bonds. The van der Waals surface area contributed by atoms with E-state index in [-0.39, 0.29) is 0 Å². The van der Waals surface area contributed by atoms with Gasteiger partial charge >= 0.3 is 0 Å². The van der Waals surface area contributed by atoms with Crippen molar-refractivity contribution in [1.29, 1.82) is 0 Å². The summed E-state index contributed by atoms with van der Waals surface area (Å²) in [4.78, 5) is 0. The summed E-state index contributed by atoms with van der Waals surface area (Å²) in [5, 5.41) is 7.28. The van der Waals surface area contributed by atoms with Gasteiger partial charge in [-0.05, 0) is 18.9 Å². The van der Waals surface area contributed by atoms with Crippen molar-refractivity contribution in [1.82, 2.24) is 10.2 Å². The maximum atomic E-state index is 4.34. The van der Waals surface area contributed by atoms with Crippen molar-refractivity contribution in [2.45, 2.75) is 63.7 Å². The summed E-state index contributed by atoms with van der Waals surface area (Å²) in [6, 6.07) is 2.15. The summed E-state index contributed by atoms with van der Waals surface area (Å²) in [6.45, 7) is 0. The van der Waals surface area contributed by atoms with Crippen LogP contribution in [0.4, 0.5) is 0 Å². The first-order chi connectivity index (χ1) is 7.47. The van der Waals surface area contributed by atoms with E-state index in [1.807, 2.05) is 6.20 Å².